The highest BCUT2D eigenvalue weighted by molar-refractivity contribution is 7.88. The van der Waals surface area contributed by atoms with Crippen LogP contribution in [0.4, 0.5) is 0 Å². The Kier molecular flexibility index (Phi) is 6.42. The first kappa shape index (κ1) is 19.2. The van der Waals surface area contributed by atoms with Crippen LogP contribution in [-0.4, -0.2) is 50.3 Å². The number of piperidine rings is 2. The van der Waals surface area contributed by atoms with Crippen LogP contribution in [0.5, 0.6) is 0 Å². The largest absolute Gasteiger partial charge is 0.303 e. The van der Waals surface area contributed by atoms with Gasteiger partial charge in [-0.2, -0.15) is 0 Å². The molecule has 0 aromatic heterocycles. The van der Waals surface area contributed by atoms with E-state index in [1.807, 2.05) is 0 Å². The molecule has 3 rings (SSSR count). The van der Waals surface area contributed by atoms with Gasteiger partial charge in [0.25, 0.3) is 0 Å². The molecule has 0 unspecified atom stereocenters. The van der Waals surface area contributed by atoms with Gasteiger partial charge in [0.2, 0.25) is 10.0 Å². The lowest BCUT2D eigenvalue weighted by atomic mass is 9.94. The molecule has 4 nitrogen and oxygen atoms in total. The Bertz CT molecular complexity index is 655. The van der Waals surface area contributed by atoms with Gasteiger partial charge in [0.15, 0.2) is 0 Å². The van der Waals surface area contributed by atoms with Gasteiger partial charge in [0.1, 0.15) is 0 Å². The zero-order valence-corrected chi connectivity index (χ0v) is 16.6. The number of nitrogens with zero attached hydrogens (tertiary/aromatic N) is 2. The minimum absolute atomic E-state index is 0.0679. The van der Waals surface area contributed by atoms with Crippen molar-refractivity contribution in [1.29, 1.82) is 0 Å². The molecule has 0 aliphatic carbocycles. The van der Waals surface area contributed by atoms with Crippen LogP contribution in [-0.2, 0) is 15.8 Å². The molecule has 1 atom stereocenters. The molecule has 0 bridgehead atoms. The predicted octanol–water partition coefficient (Wildman–Crippen LogP) is 3.61. The van der Waals surface area contributed by atoms with Crippen LogP contribution in [0.2, 0.25) is 5.02 Å². The topological polar surface area (TPSA) is 40.6 Å². The summed E-state index contributed by atoms with van der Waals surface area (Å²) in [5.74, 6) is 1.50. The van der Waals surface area contributed by atoms with E-state index >= 15 is 0 Å². The van der Waals surface area contributed by atoms with Crippen molar-refractivity contribution in [3.8, 4) is 0 Å². The van der Waals surface area contributed by atoms with Crippen molar-refractivity contribution in [2.45, 2.75) is 38.4 Å². The van der Waals surface area contributed by atoms with Gasteiger partial charge >= 0.3 is 0 Å². The molecule has 25 heavy (non-hydrogen) atoms. The fourth-order valence-electron chi connectivity index (χ4n) is 4.07. The van der Waals surface area contributed by atoms with Gasteiger partial charge in [-0.05, 0) is 61.8 Å². The summed E-state index contributed by atoms with van der Waals surface area (Å²) in [5, 5.41) is 0.633. The summed E-state index contributed by atoms with van der Waals surface area (Å²) in [4.78, 5) is 2.58. The molecule has 0 amide bonds. The molecule has 0 saturated carbocycles. The second-order valence-electron chi connectivity index (χ2n) is 7.73. The molecule has 1 aromatic rings. The zero-order chi connectivity index (χ0) is 17.9. The summed E-state index contributed by atoms with van der Waals surface area (Å²) in [7, 11) is -3.24. The highest BCUT2D eigenvalue weighted by Crippen LogP contribution is 2.25. The molecule has 0 radical (unpaired) electrons. The van der Waals surface area contributed by atoms with E-state index < -0.39 is 10.0 Å². The van der Waals surface area contributed by atoms with Crippen LogP contribution in [0.15, 0.2) is 24.3 Å². The SMILES string of the molecule is C[C@H]1CCCN(CC2CCN(S(=O)(=O)Cc3ccc(Cl)cc3)CC2)C1. The average Bonchev–Trinajstić information content (AvgIpc) is 2.57. The van der Waals surface area contributed by atoms with Crippen LogP contribution < -0.4 is 0 Å². The van der Waals surface area contributed by atoms with Crippen molar-refractivity contribution in [3.05, 3.63) is 34.9 Å². The minimum atomic E-state index is -3.24. The van der Waals surface area contributed by atoms with Gasteiger partial charge in [-0.25, -0.2) is 12.7 Å². The van der Waals surface area contributed by atoms with E-state index in [-0.39, 0.29) is 5.75 Å². The van der Waals surface area contributed by atoms with E-state index in [2.05, 4.69) is 11.8 Å². The highest BCUT2D eigenvalue weighted by atomic mass is 35.5. The predicted molar refractivity (Wildman–Crippen MR) is 103 cm³/mol. The molecule has 6 heteroatoms. The minimum Gasteiger partial charge on any atom is -0.303 e. The van der Waals surface area contributed by atoms with Crippen LogP contribution in [0, 0.1) is 11.8 Å². The fraction of sp³-hybridized carbons (Fsp3) is 0.684. The van der Waals surface area contributed by atoms with E-state index in [9.17, 15) is 8.42 Å². The van der Waals surface area contributed by atoms with E-state index in [4.69, 9.17) is 11.6 Å². The van der Waals surface area contributed by atoms with Gasteiger partial charge in [-0.15, -0.1) is 0 Å². The lowest BCUT2D eigenvalue weighted by Crippen LogP contribution is -2.43. The highest BCUT2D eigenvalue weighted by Gasteiger charge is 2.29. The van der Waals surface area contributed by atoms with Crippen molar-refractivity contribution in [1.82, 2.24) is 9.21 Å². The molecule has 0 spiro atoms. The van der Waals surface area contributed by atoms with Crippen LogP contribution in [0.3, 0.4) is 0 Å². The molecule has 2 heterocycles. The molecular weight excluding hydrogens is 356 g/mol. The third kappa shape index (κ3) is 5.43. The Morgan fingerprint density at radius 2 is 1.76 bits per heavy atom. The van der Waals surface area contributed by atoms with E-state index in [1.165, 1.54) is 25.9 Å². The number of benzene rings is 1. The summed E-state index contributed by atoms with van der Waals surface area (Å²) in [6.07, 6.45) is 4.60. The zero-order valence-electron chi connectivity index (χ0n) is 15.0. The second kappa shape index (κ2) is 8.38. The van der Waals surface area contributed by atoms with E-state index in [0.29, 0.717) is 24.0 Å². The Morgan fingerprint density at radius 1 is 1.08 bits per heavy atom. The first-order valence-corrected chi connectivity index (χ1v) is 11.4. The normalized spacial score (nSPS) is 24.5. The average molecular weight is 385 g/mol. The summed E-state index contributed by atoms with van der Waals surface area (Å²) in [6.45, 7) is 7.19. The van der Waals surface area contributed by atoms with Gasteiger partial charge in [-0.1, -0.05) is 30.7 Å². The molecule has 2 fully saturated rings. The first-order valence-electron chi connectivity index (χ1n) is 9.37. The third-order valence-corrected chi connectivity index (χ3v) is 7.59. The smallest absolute Gasteiger partial charge is 0.218 e. The summed E-state index contributed by atoms with van der Waals surface area (Å²) < 4.78 is 27.0. The molecule has 0 N–H and O–H groups in total. The molecule has 2 saturated heterocycles. The van der Waals surface area contributed by atoms with Crippen LogP contribution in [0.1, 0.15) is 38.2 Å². The van der Waals surface area contributed by atoms with Gasteiger partial charge in [-0.3, -0.25) is 0 Å². The molecule has 2 aliphatic heterocycles. The van der Waals surface area contributed by atoms with E-state index in [1.54, 1.807) is 28.6 Å². The Morgan fingerprint density at radius 3 is 2.40 bits per heavy atom. The lowest BCUT2D eigenvalue weighted by Gasteiger charge is -2.37. The quantitative estimate of drug-likeness (QED) is 0.778. The Hall–Kier alpha value is -0.620. The summed E-state index contributed by atoms with van der Waals surface area (Å²) >= 11 is 5.87. The summed E-state index contributed by atoms with van der Waals surface area (Å²) in [6, 6.07) is 7.09. The van der Waals surface area contributed by atoms with Gasteiger partial charge in [0, 0.05) is 31.2 Å². The number of hydrogen-bond acceptors (Lipinski definition) is 3. The van der Waals surface area contributed by atoms with Crippen molar-refractivity contribution in [2.75, 3.05) is 32.7 Å². The fourth-order valence-corrected chi connectivity index (χ4v) is 5.76. The van der Waals surface area contributed by atoms with Crippen LogP contribution >= 0.6 is 11.6 Å². The molecular formula is C19H29ClN2O2S. The summed E-state index contributed by atoms with van der Waals surface area (Å²) in [5.41, 5.74) is 0.800. The van der Waals surface area contributed by atoms with Crippen LogP contribution in [0.25, 0.3) is 0 Å². The van der Waals surface area contributed by atoms with Crippen molar-refractivity contribution >= 4 is 21.6 Å². The monoisotopic (exact) mass is 384 g/mol. The maximum atomic E-state index is 12.7. The Labute approximate surface area is 157 Å². The molecule has 2 aliphatic rings. The molecule has 140 valence electrons. The Balaban J connectivity index is 1.50. The third-order valence-electron chi connectivity index (χ3n) is 5.49. The van der Waals surface area contributed by atoms with Crippen molar-refractivity contribution in [3.63, 3.8) is 0 Å². The lowest BCUT2D eigenvalue weighted by molar-refractivity contribution is 0.136. The number of rotatable bonds is 5. The standard InChI is InChI=1S/C19H29ClN2O2S/c1-16-3-2-10-21(13-16)14-17-8-11-22(12-9-17)25(23,24)15-18-4-6-19(20)7-5-18/h4-7,16-17H,2-3,8-15H2,1H3/t16-/m0/s1. The van der Waals surface area contributed by atoms with Gasteiger partial charge < -0.3 is 4.90 Å². The van der Waals surface area contributed by atoms with Crippen molar-refractivity contribution in [2.24, 2.45) is 11.8 Å². The van der Waals surface area contributed by atoms with E-state index in [0.717, 1.165) is 30.9 Å². The maximum absolute atomic E-state index is 12.7. The number of halogens is 1. The first-order chi connectivity index (χ1) is 11.9. The van der Waals surface area contributed by atoms with Crippen molar-refractivity contribution < 1.29 is 8.42 Å². The number of sulfonamides is 1. The molecule has 1 aromatic carbocycles. The number of likely N-dealkylation sites (tertiary alicyclic amines) is 1. The number of hydrogen-bond donors (Lipinski definition) is 0. The second-order valence-corrected chi connectivity index (χ2v) is 10.1. The maximum Gasteiger partial charge on any atom is 0.218 e. The van der Waals surface area contributed by atoms with Gasteiger partial charge in [0.05, 0.1) is 5.75 Å².